The lowest BCUT2D eigenvalue weighted by atomic mass is 10.1. The van der Waals surface area contributed by atoms with Crippen LogP contribution in [0.1, 0.15) is 31.1 Å². The van der Waals surface area contributed by atoms with Gasteiger partial charge in [0.15, 0.2) is 5.13 Å². The Hall–Kier alpha value is -3.86. The number of hydrogen-bond acceptors (Lipinski definition) is 7. The number of nitrogens with zero attached hydrogens (tertiary/aromatic N) is 6. The van der Waals surface area contributed by atoms with Crippen molar-refractivity contribution in [3.05, 3.63) is 53.8 Å². The molecule has 0 bridgehead atoms. The summed E-state index contributed by atoms with van der Waals surface area (Å²) in [7, 11) is 1.74. The van der Waals surface area contributed by atoms with Gasteiger partial charge in [-0.2, -0.15) is 15.0 Å². The molecule has 2 N–H and O–H groups in total. The zero-order valence-electron chi connectivity index (χ0n) is 18.7. The molecule has 0 spiro atoms. The van der Waals surface area contributed by atoms with Crippen molar-refractivity contribution in [2.75, 3.05) is 11.9 Å². The number of rotatable bonds is 6. The second kappa shape index (κ2) is 8.94. The molecule has 0 aliphatic rings. The lowest BCUT2D eigenvalue weighted by Crippen LogP contribution is -2.32. The summed E-state index contributed by atoms with van der Waals surface area (Å²) in [5.74, 6) is -0.668. The Kier molecular flexibility index (Phi) is 6.05. The molecule has 4 heterocycles. The number of carbonyl (C=O) groups is 2. The first kappa shape index (κ1) is 22.3. The molecule has 0 aromatic carbocycles. The van der Waals surface area contributed by atoms with Crippen LogP contribution >= 0.6 is 11.3 Å². The smallest absolute Gasteiger partial charge is 0.253 e. The van der Waals surface area contributed by atoms with Gasteiger partial charge in [0.05, 0.1) is 29.7 Å². The van der Waals surface area contributed by atoms with Gasteiger partial charge in [-0.3, -0.25) is 9.59 Å². The van der Waals surface area contributed by atoms with E-state index in [-0.39, 0.29) is 23.9 Å². The van der Waals surface area contributed by atoms with E-state index in [1.54, 1.807) is 25.5 Å². The second-order valence-electron chi connectivity index (χ2n) is 8.37. The van der Waals surface area contributed by atoms with Gasteiger partial charge in [0.25, 0.3) is 5.91 Å². The summed E-state index contributed by atoms with van der Waals surface area (Å²) in [6, 6.07) is 7.28. The Morgan fingerprint density at radius 2 is 1.82 bits per heavy atom. The molecular formula is C22H24N8O2S. The van der Waals surface area contributed by atoms with Gasteiger partial charge in [-0.1, -0.05) is 6.07 Å². The number of carbonyl (C=O) groups excluding carboxylic acids is 2. The number of pyridine rings is 1. The highest BCUT2D eigenvalue weighted by molar-refractivity contribution is 7.14. The first-order chi connectivity index (χ1) is 15.7. The maximum atomic E-state index is 12.3. The van der Waals surface area contributed by atoms with Gasteiger partial charge in [-0.15, -0.1) is 11.3 Å². The van der Waals surface area contributed by atoms with Crippen molar-refractivity contribution in [2.45, 2.75) is 26.3 Å². The Balaban J connectivity index is 1.35. The Labute approximate surface area is 194 Å². The largest absolute Gasteiger partial charge is 0.348 e. The summed E-state index contributed by atoms with van der Waals surface area (Å²) in [5, 5.41) is 15.9. The topological polar surface area (TPSA) is 120 Å². The van der Waals surface area contributed by atoms with Crippen LogP contribution < -0.4 is 10.6 Å². The van der Waals surface area contributed by atoms with Crippen LogP contribution in [0, 0.1) is 0 Å². The van der Waals surface area contributed by atoms with Gasteiger partial charge in [-0.05, 0) is 39.0 Å². The van der Waals surface area contributed by atoms with Gasteiger partial charge >= 0.3 is 0 Å². The Morgan fingerprint density at radius 1 is 1.06 bits per heavy atom. The quantitative estimate of drug-likeness (QED) is 0.453. The molecule has 0 aliphatic heterocycles. The molecule has 0 atom stereocenters. The van der Waals surface area contributed by atoms with Crippen LogP contribution in [0.4, 0.5) is 5.13 Å². The number of aromatic nitrogens is 6. The van der Waals surface area contributed by atoms with E-state index >= 15 is 0 Å². The van der Waals surface area contributed by atoms with Gasteiger partial charge < -0.3 is 15.2 Å². The maximum Gasteiger partial charge on any atom is 0.253 e. The van der Waals surface area contributed by atoms with Crippen LogP contribution in [0.3, 0.4) is 0 Å². The van der Waals surface area contributed by atoms with Crippen molar-refractivity contribution in [1.29, 1.82) is 0 Å². The maximum absolute atomic E-state index is 12.3. The first-order valence-electron chi connectivity index (χ1n) is 10.3. The van der Waals surface area contributed by atoms with Gasteiger partial charge in [0.1, 0.15) is 11.4 Å². The van der Waals surface area contributed by atoms with E-state index in [4.69, 9.17) is 0 Å². The molecule has 33 heavy (non-hydrogen) atoms. The predicted molar refractivity (Wildman–Crippen MR) is 126 cm³/mol. The molecule has 4 aromatic heterocycles. The van der Waals surface area contributed by atoms with Crippen molar-refractivity contribution in [3.8, 4) is 22.8 Å². The summed E-state index contributed by atoms with van der Waals surface area (Å²) in [6.07, 6.45) is 5.26. The molecule has 170 valence electrons. The number of anilines is 1. The third-order valence-electron chi connectivity index (χ3n) is 4.76. The fourth-order valence-electron chi connectivity index (χ4n) is 3.01. The second-order valence-corrected chi connectivity index (χ2v) is 9.23. The summed E-state index contributed by atoms with van der Waals surface area (Å²) in [4.78, 5) is 35.1. The van der Waals surface area contributed by atoms with E-state index in [2.05, 4.69) is 30.8 Å². The van der Waals surface area contributed by atoms with Crippen LogP contribution in [0.2, 0.25) is 0 Å². The van der Waals surface area contributed by atoms with Crippen molar-refractivity contribution >= 4 is 28.3 Å². The molecule has 0 aliphatic carbocycles. The number of amides is 2. The average molecular weight is 465 g/mol. The fraction of sp³-hybridized carbons (Fsp3) is 0.273. The van der Waals surface area contributed by atoms with Gasteiger partial charge in [-0.25, -0.2) is 9.97 Å². The Morgan fingerprint density at radius 3 is 2.48 bits per heavy atom. The van der Waals surface area contributed by atoms with Crippen molar-refractivity contribution in [3.63, 3.8) is 0 Å². The highest BCUT2D eigenvalue weighted by Crippen LogP contribution is 2.25. The zero-order chi connectivity index (χ0) is 23.6. The summed E-state index contributed by atoms with van der Waals surface area (Å²) in [5.41, 5.74) is 3.02. The molecule has 0 radical (unpaired) electrons. The number of thiazole rings is 1. The molecule has 4 aromatic rings. The molecular weight excluding hydrogens is 440 g/mol. The van der Waals surface area contributed by atoms with Crippen molar-refractivity contribution in [2.24, 2.45) is 7.05 Å². The minimum absolute atomic E-state index is 0.124. The normalized spacial score (nSPS) is 11.4. The highest BCUT2D eigenvalue weighted by Gasteiger charge is 2.16. The van der Waals surface area contributed by atoms with E-state index in [1.807, 2.05) is 55.1 Å². The molecule has 0 fully saturated rings. The van der Waals surface area contributed by atoms with Crippen molar-refractivity contribution < 1.29 is 9.59 Å². The molecule has 0 saturated carbocycles. The summed E-state index contributed by atoms with van der Waals surface area (Å²) in [6.45, 7) is 5.98. The van der Waals surface area contributed by atoms with E-state index < -0.39 is 0 Å². The summed E-state index contributed by atoms with van der Waals surface area (Å²) < 4.78 is 1.95. The lowest BCUT2D eigenvalue weighted by Gasteiger charge is -2.20. The Bertz CT molecular complexity index is 1300. The van der Waals surface area contributed by atoms with Gasteiger partial charge in [0.2, 0.25) is 5.91 Å². The minimum Gasteiger partial charge on any atom is -0.348 e. The molecule has 4 rings (SSSR count). The van der Waals surface area contributed by atoms with Crippen LogP contribution in [0.5, 0.6) is 0 Å². The minimum atomic E-state index is -0.360. The van der Waals surface area contributed by atoms with Crippen LogP contribution in [0.15, 0.2) is 48.2 Å². The van der Waals surface area contributed by atoms with Crippen LogP contribution in [0.25, 0.3) is 22.8 Å². The third-order valence-corrected chi connectivity index (χ3v) is 5.52. The van der Waals surface area contributed by atoms with E-state index in [0.717, 1.165) is 0 Å². The molecule has 2 amide bonds. The molecule has 0 unspecified atom stereocenters. The molecule has 10 nitrogen and oxygen atoms in total. The van der Waals surface area contributed by atoms with Crippen LogP contribution in [-0.2, 0) is 17.4 Å². The standard InChI is InChI=1S/C22H24N8O2S/c1-22(2,3)30-9-8-14(12-30)20(32)23-11-19(31)27-21-26-18(13-33-21)16-7-5-6-15(25-16)17-10-24-29(4)28-17/h5-10,12-13H,11H2,1-4H3,(H,23,32)(H,26,27,31). The molecule has 0 saturated heterocycles. The number of hydrogen-bond donors (Lipinski definition) is 2. The van der Waals surface area contributed by atoms with Gasteiger partial charge in [0, 0.05) is 30.4 Å². The van der Waals surface area contributed by atoms with E-state index in [0.29, 0.717) is 33.5 Å². The van der Waals surface area contributed by atoms with E-state index in [9.17, 15) is 9.59 Å². The monoisotopic (exact) mass is 464 g/mol. The van der Waals surface area contributed by atoms with Crippen molar-refractivity contribution in [1.82, 2.24) is 34.8 Å². The SMILES string of the molecule is Cn1ncc(-c2cccc(-c3csc(NC(=O)CNC(=O)c4ccn(C(C)(C)C)c4)n3)n2)n1. The average Bonchev–Trinajstić information content (AvgIpc) is 3.52. The highest BCUT2D eigenvalue weighted by atomic mass is 32.1. The van der Waals surface area contributed by atoms with E-state index in [1.165, 1.54) is 16.1 Å². The summed E-state index contributed by atoms with van der Waals surface area (Å²) >= 11 is 1.28. The predicted octanol–water partition coefficient (Wildman–Crippen LogP) is 2.93. The number of aryl methyl sites for hydroxylation is 1. The lowest BCUT2D eigenvalue weighted by molar-refractivity contribution is -0.115. The molecule has 11 heteroatoms. The number of nitrogens with one attached hydrogen (secondary N) is 2. The third kappa shape index (κ3) is 5.32. The zero-order valence-corrected chi connectivity index (χ0v) is 19.6. The first-order valence-corrected chi connectivity index (χ1v) is 11.1. The van der Waals surface area contributed by atoms with Crippen LogP contribution in [-0.4, -0.2) is 47.9 Å². The fourth-order valence-corrected chi connectivity index (χ4v) is 3.73.